The summed E-state index contributed by atoms with van der Waals surface area (Å²) in [5.41, 5.74) is 7.77. The molecule has 2 aromatic rings. The van der Waals surface area contributed by atoms with Crippen molar-refractivity contribution in [3.63, 3.8) is 0 Å². The molecule has 0 aliphatic heterocycles. The zero-order chi connectivity index (χ0) is 11.8. The first kappa shape index (κ1) is 11.3. The van der Waals surface area contributed by atoms with Crippen molar-refractivity contribution >= 4 is 33.0 Å². The number of hydrogen-bond donors (Lipinski definition) is 1. The summed E-state index contributed by atoms with van der Waals surface area (Å²) in [6.45, 7) is 0. The van der Waals surface area contributed by atoms with Crippen LogP contribution < -0.4 is 5.73 Å². The molecule has 1 aliphatic rings. The van der Waals surface area contributed by atoms with Gasteiger partial charge in [0.05, 0.1) is 16.6 Å². The Kier molecular flexibility index (Phi) is 2.96. The summed E-state index contributed by atoms with van der Waals surface area (Å²) in [6.07, 6.45) is 7.07. The lowest BCUT2D eigenvalue weighted by atomic mass is 10.3. The fraction of sp³-hybridized carbons (Fsp3) is 0.417. The van der Waals surface area contributed by atoms with Gasteiger partial charge in [-0.05, 0) is 34.8 Å². The molecule has 0 amide bonds. The highest BCUT2D eigenvalue weighted by Gasteiger charge is 2.20. The van der Waals surface area contributed by atoms with E-state index in [1.54, 1.807) is 11.3 Å². The van der Waals surface area contributed by atoms with Gasteiger partial charge in [-0.2, -0.15) is 5.10 Å². The SMILES string of the molecule is Nc1cn(C2CCCC2)nc1-c1cc(Br)cs1. The second-order valence-corrected chi connectivity index (χ2v) is 6.31. The molecule has 3 nitrogen and oxygen atoms in total. The van der Waals surface area contributed by atoms with Gasteiger partial charge in [0.15, 0.2) is 0 Å². The van der Waals surface area contributed by atoms with Crippen LogP contribution in [0.25, 0.3) is 10.6 Å². The van der Waals surface area contributed by atoms with Crippen molar-refractivity contribution in [2.45, 2.75) is 31.7 Å². The van der Waals surface area contributed by atoms with Crippen molar-refractivity contribution < 1.29 is 0 Å². The van der Waals surface area contributed by atoms with E-state index in [1.165, 1.54) is 25.7 Å². The predicted molar refractivity (Wildman–Crippen MR) is 75.2 cm³/mol. The normalized spacial score (nSPS) is 16.8. The molecule has 17 heavy (non-hydrogen) atoms. The molecule has 5 heteroatoms. The summed E-state index contributed by atoms with van der Waals surface area (Å²) < 4.78 is 3.15. The smallest absolute Gasteiger partial charge is 0.125 e. The van der Waals surface area contributed by atoms with E-state index in [-0.39, 0.29) is 0 Å². The molecule has 1 aliphatic carbocycles. The molecule has 3 rings (SSSR count). The van der Waals surface area contributed by atoms with Gasteiger partial charge in [-0.3, -0.25) is 4.68 Å². The topological polar surface area (TPSA) is 43.8 Å². The van der Waals surface area contributed by atoms with Crippen LogP contribution in [-0.2, 0) is 0 Å². The quantitative estimate of drug-likeness (QED) is 0.908. The number of aromatic nitrogens is 2. The van der Waals surface area contributed by atoms with Gasteiger partial charge in [0, 0.05) is 16.0 Å². The number of hydrogen-bond acceptors (Lipinski definition) is 3. The minimum Gasteiger partial charge on any atom is -0.396 e. The zero-order valence-corrected chi connectivity index (χ0v) is 11.8. The van der Waals surface area contributed by atoms with E-state index in [0.717, 1.165) is 20.7 Å². The van der Waals surface area contributed by atoms with Crippen molar-refractivity contribution in [2.75, 3.05) is 5.73 Å². The summed E-state index contributed by atoms with van der Waals surface area (Å²) >= 11 is 5.13. The minimum atomic E-state index is 0.550. The van der Waals surface area contributed by atoms with Crippen LogP contribution in [0.3, 0.4) is 0 Å². The van der Waals surface area contributed by atoms with Crippen LogP contribution in [0.2, 0.25) is 0 Å². The van der Waals surface area contributed by atoms with Gasteiger partial charge < -0.3 is 5.73 Å². The van der Waals surface area contributed by atoms with E-state index in [0.29, 0.717) is 6.04 Å². The maximum absolute atomic E-state index is 6.06. The molecule has 0 spiro atoms. The van der Waals surface area contributed by atoms with Crippen LogP contribution in [0.5, 0.6) is 0 Å². The van der Waals surface area contributed by atoms with Crippen LogP contribution in [-0.4, -0.2) is 9.78 Å². The number of rotatable bonds is 2. The van der Waals surface area contributed by atoms with Crippen molar-refractivity contribution in [3.05, 3.63) is 22.1 Å². The zero-order valence-electron chi connectivity index (χ0n) is 9.40. The Labute approximate surface area is 113 Å². The Hall–Kier alpha value is -0.810. The lowest BCUT2D eigenvalue weighted by Crippen LogP contribution is -2.04. The number of anilines is 1. The number of halogens is 1. The summed E-state index contributed by atoms with van der Waals surface area (Å²) in [5, 5.41) is 6.72. The first-order chi connectivity index (χ1) is 8.24. The van der Waals surface area contributed by atoms with Crippen molar-refractivity contribution in [1.29, 1.82) is 0 Å². The number of nitrogen functional groups attached to an aromatic ring is 1. The lowest BCUT2D eigenvalue weighted by molar-refractivity contribution is 0.468. The van der Waals surface area contributed by atoms with Gasteiger partial charge in [0.2, 0.25) is 0 Å². The van der Waals surface area contributed by atoms with Gasteiger partial charge in [0.1, 0.15) is 5.69 Å². The van der Waals surface area contributed by atoms with Crippen molar-refractivity contribution in [1.82, 2.24) is 9.78 Å². The summed E-state index contributed by atoms with van der Waals surface area (Å²) in [7, 11) is 0. The van der Waals surface area contributed by atoms with Crippen molar-refractivity contribution in [2.24, 2.45) is 0 Å². The molecular formula is C12H14BrN3S. The average Bonchev–Trinajstić information content (AvgIpc) is 2.97. The monoisotopic (exact) mass is 311 g/mol. The maximum atomic E-state index is 6.06. The maximum Gasteiger partial charge on any atom is 0.125 e. The molecule has 0 unspecified atom stereocenters. The second kappa shape index (κ2) is 4.46. The fourth-order valence-electron chi connectivity index (χ4n) is 2.39. The average molecular weight is 312 g/mol. The number of thiophene rings is 1. The molecule has 0 radical (unpaired) electrons. The Balaban J connectivity index is 1.95. The molecule has 0 saturated heterocycles. The third-order valence-corrected chi connectivity index (χ3v) is 4.96. The van der Waals surface area contributed by atoms with E-state index in [2.05, 4.69) is 37.2 Å². The summed E-state index contributed by atoms with van der Waals surface area (Å²) in [5.74, 6) is 0. The Bertz CT molecular complexity index is 526. The molecule has 0 aromatic carbocycles. The molecule has 90 valence electrons. The number of nitrogens with zero attached hydrogens (tertiary/aromatic N) is 2. The fourth-order valence-corrected chi connectivity index (χ4v) is 3.82. The van der Waals surface area contributed by atoms with Crippen LogP contribution in [0.15, 0.2) is 22.1 Å². The highest BCUT2D eigenvalue weighted by molar-refractivity contribution is 9.10. The highest BCUT2D eigenvalue weighted by atomic mass is 79.9. The van der Waals surface area contributed by atoms with Gasteiger partial charge in [-0.15, -0.1) is 11.3 Å². The van der Waals surface area contributed by atoms with Crippen molar-refractivity contribution in [3.8, 4) is 10.6 Å². The third kappa shape index (κ3) is 2.13. The Morgan fingerprint density at radius 3 is 2.82 bits per heavy atom. The van der Waals surface area contributed by atoms with Crippen LogP contribution in [0, 0.1) is 0 Å². The molecule has 1 fully saturated rings. The van der Waals surface area contributed by atoms with Crippen LogP contribution >= 0.6 is 27.3 Å². The third-order valence-electron chi connectivity index (χ3n) is 3.26. The van der Waals surface area contributed by atoms with Crippen LogP contribution in [0.1, 0.15) is 31.7 Å². The summed E-state index contributed by atoms with van der Waals surface area (Å²) in [6, 6.07) is 2.62. The molecule has 2 heterocycles. The van der Waals surface area contributed by atoms with Gasteiger partial charge >= 0.3 is 0 Å². The van der Waals surface area contributed by atoms with Gasteiger partial charge in [-0.1, -0.05) is 12.8 Å². The second-order valence-electron chi connectivity index (χ2n) is 4.48. The minimum absolute atomic E-state index is 0.550. The predicted octanol–water partition coefficient (Wildman–Crippen LogP) is 4.07. The van der Waals surface area contributed by atoms with Gasteiger partial charge in [-0.25, -0.2) is 0 Å². The molecule has 2 aromatic heterocycles. The highest BCUT2D eigenvalue weighted by Crippen LogP contribution is 2.35. The van der Waals surface area contributed by atoms with Gasteiger partial charge in [0.25, 0.3) is 0 Å². The standard InChI is InChI=1S/C12H14BrN3S/c13-8-5-11(17-7-8)12-10(14)6-16(15-12)9-3-1-2-4-9/h5-7,9H,1-4,14H2. The molecule has 1 saturated carbocycles. The first-order valence-electron chi connectivity index (χ1n) is 5.83. The summed E-state index contributed by atoms with van der Waals surface area (Å²) in [4.78, 5) is 1.13. The van der Waals surface area contributed by atoms with E-state index < -0.39 is 0 Å². The molecule has 2 N–H and O–H groups in total. The molecule has 0 bridgehead atoms. The van der Waals surface area contributed by atoms with E-state index >= 15 is 0 Å². The lowest BCUT2D eigenvalue weighted by Gasteiger charge is -2.08. The van der Waals surface area contributed by atoms with E-state index in [1.807, 2.05) is 6.20 Å². The Morgan fingerprint density at radius 2 is 2.18 bits per heavy atom. The van der Waals surface area contributed by atoms with E-state index in [4.69, 9.17) is 5.73 Å². The number of nitrogens with two attached hydrogens (primary N) is 1. The largest absolute Gasteiger partial charge is 0.396 e. The molecular weight excluding hydrogens is 298 g/mol. The van der Waals surface area contributed by atoms with E-state index in [9.17, 15) is 0 Å². The first-order valence-corrected chi connectivity index (χ1v) is 7.50. The Morgan fingerprint density at radius 1 is 1.41 bits per heavy atom. The molecule has 0 atom stereocenters. The van der Waals surface area contributed by atoms with Crippen LogP contribution in [0.4, 0.5) is 5.69 Å².